The van der Waals surface area contributed by atoms with E-state index in [9.17, 15) is 18.5 Å². The number of anilines is 2. The van der Waals surface area contributed by atoms with Crippen LogP contribution in [0.4, 0.5) is 17.1 Å². The molecule has 0 aliphatic carbocycles. The Bertz CT molecular complexity index is 1490. The molecule has 0 radical (unpaired) electrons. The highest BCUT2D eigenvalue weighted by atomic mass is 32.2. The number of sulfonamides is 1. The van der Waals surface area contributed by atoms with Crippen LogP contribution in [0.25, 0.3) is 0 Å². The highest BCUT2D eigenvalue weighted by Gasteiger charge is 2.30. The summed E-state index contributed by atoms with van der Waals surface area (Å²) in [5.74, 6) is 2.03. The summed E-state index contributed by atoms with van der Waals surface area (Å²) in [7, 11) is 2.34. The van der Waals surface area contributed by atoms with Crippen molar-refractivity contribution in [3.63, 3.8) is 0 Å². The number of benzene rings is 3. The zero-order valence-electron chi connectivity index (χ0n) is 23.5. The molecule has 0 unspecified atom stereocenters. The first-order valence-electron chi connectivity index (χ1n) is 12.9. The van der Waals surface area contributed by atoms with Gasteiger partial charge in [0.05, 0.1) is 38.3 Å². The number of piperazine rings is 1. The van der Waals surface area contributed by atoms with Gasteiger partial charge in [-0.3, -0.25) is 10.1 Å². The summed E-state index contributed by atoms with van der Waals surface area (Å²) >= 11 is 0. The van der Waals surface area contributed by atoms with E-state index in [4.69, 9.17) is 18.9 Å². The number of methoxy groups -OCH3 is 4. The maximum atomic E-state index is 13.3. The lowest BCUT2D eigenvalue weighted by Crippen LogP contribution is -2.48. The van der Waals surface area contributed by atoms with Crippen molar-refractivity contribution in [1.29, 1.82) is 0 Å². The number of hydrogen-bond donors (Lipinski definition) is 1. The molecule has 220 valence electrons. The molecule has 4 rings (SSSR count). The Morgan fingerprint density at radius 3 is 2.02 bits per heavy atom. The van der Waals surface area contributed by atoms with Crippen molar-refractivity contribution in [3.8, 4) is 23.0 Å². The van der Waals surface area contributed by atoms with Gasteiger partial charge in [0.25, 0.3) is 5.69 Å². The second kappa shape index (κ2) is 13.0. The fraction of sp³-hybridized carbons (Fsp3) is 0.357. The highest BCUT2D eigenvalue weighted by Crippen LogP contribution is 2.33. The Hall–Kier alpha value is -4.23. The standard InChI is InChI=1S/C28H34N4O8S/c1-37-25-9-5-20(17-27(25)39-3)11-12-29-23-18-21(6-8-24(23)32(33)34)30-13-15-31(16-14-30)41(35,36)22-7-10-26(38-2)28(19-22)40-4/h5-10,17-19,29H,11-16H2,1-4H3. The van der Waals surface area contributed by atoms with Crippen LogP contribution >= 0.6 is 0 Å². The molecule has 3 aromatic rings. The number of rotatable bonds is 12. The predicted molar refractivity (Wildman–Crippen MR) is 155 cm³/mol. The normalized spacial score (nSPS) is 13.9. The van der Waals surface area contributed by atoms with Gasteiger partial charge in [-0.2, -0.15) is 4.31 Å². The Labute approximate surface area is 239 Å². The summed E-state index contributed by atoms with van der Waals surface area (Å²) in [5.41, 5.74) is 2.12. The summed E-state index contributed by atoms with van der Waals surface area (Å²) < 4.78 is 49.1. The first-order chi connectivity index (χ1) is 19.7. The highest BCUT2D eigenvalue weighted by molar-refractivity contribution is 7.89. The van der Waals surface area contributed by atoms with Crippen molar-refractivity contribution in [2.75, 3.05) is 71.4 Å². The number of nitro benzene ring substituents is 1. The molecule has 0 spiro atoms. The van der Waals surface area contributed by atoms with Crippen molar-refractivity contribution in [2.24, 2.45) is 0 Å². The van der Waals surface area contributed by atoms with Gasteiger partial charge in [-0.05, 0) is 48.4 Å². The van der Waals surface area contributed by atoms with Crippen LogP contribution in [0.2, 0.25) is 0 Å². The molecule has 0 atom stereocenters. The van der Waals surface area contributed by atoms with Gasteiger partial charge in [-0.25, -0.2) is 8.42 Å². The van der Waals surface area contributed by atoms with Crippen LogP contribution in [-0.4, -0.2) is 78.8 Å². The third-order valence-corrected chi connectivity index (χ3v) is 8.85. The predicted octanol–water partition coefficient (Wildman–Crippen LogP) is 3.79. The van der Waals surface area contributed by atoms with Gasteiger partial charge < -0.3 is 29.2 Å². The van der Waals surface area contributed by atoms with E-state index in [1.807, 2.05) is 23.1 Å². The summed E-state index contributed by atoms with van der Waals surface area (Å²) in [5, 5.41) is 14.9. The molecule has 13 heteroatoms. The van der Waals surface area contributed by atoms with E-state index in [2.05, 4.69) is 5.32 Å². The summed E-state index contributed by atoms with van der Waals surface area (Å²) in [6.45, 7) is 1.83. The molecule has 1 aliphatic rings. The lowest BCUT2D eigenvalue weighted by atomic mass is 10.1. The smallest absolute Gasteiger partial charge is 0.292 e. The SMILES string of the molecule is COc1ccc(CCNc2cc(N3CCN(S(=O)(=O)c4ccc(OC)c(OC)c4)CC3)ccc2[N+](=O)[O-])cc1OC. The van der Waals surface area contributed by atoms with Crippen LogP contribution in [0.3, 0.4) is 0 Å². The second-order valence-corrected chi connectivity index (χ2v) is 11.2. The molecule has 12 nitrogen and oxygen atoms in total. The second-order valence-electron chi connectivity index (χ2n) is 9.23. The molecule has 3 aromatic carbocycles. The molecule has 0 amide bonds. The Balaban J connectivity index is 1.44. The van der Waals surface area contributed by atoms with Gasteiger partial charge >= 0.3 is 0 Å². The first-order valence-corrected chi connectivity index (χ1v) is 14.4. The van der Waals surface area contributed by atoms with Gasteiger partial charge in [0.15, 0.2) is 23.0 Å². The minimum absolute atomic E-state index is 0.0317. The Morgan fingerprint density at radius 2 is 1.41 bits per heavy atom. The molecular formula is C28H34N4O8S. The minimum atomic E-state index is -3.75. The van der Waals surface area contributed by atoms with Crippen LogP contribution in [0.5, 0.6) is 23.0 Å². The molecular weight excluding hydrogens is 552 g/mol. The molecule has 1 fully saturated rings. The lowest BCUT2D eigenvalue weighted by molar-refractivity contribution is -0.383. The number of nitro groups is 1. The van der Waals surface area contributed by atoms with Gasteiger partial charge in [-0.15, -0.1) is 0 Å². The van der Waals surface area contributed by atoms with Gasteiger partial charge in [0.2, 0.25) is 10.0 Å². The molecule has 41 heavy (non-hydrogen) atoms. The zero-order valence-corrected chi connectivity index (χ0v) is 24.3. The van der Waals surface area contributed by atoms with Crippen molar-refractivity contribution in [2.45, 2.75) is 11.3 Å². The minimum Gasteiger partial charge on any atom is -0.493 e. The van der Waals surface area contributed by atoms with Crippen molar-refractivity contribution < 1.29 is 32.3 Å². The van der Waals surface area contributed by atoms with E-state index >= 15 is 0 Å². The van der Waals surface area contributed by atoms with Crippen molar-refractivity contribution in [3.05, 3.63) is 70.3 Å². The van der Waals surface area contributed by atoms with Crippen LogP contribution < -0.4 is 29.2 Å². The van der Waals surface area contributed by atoms with E-state index in [1.165, 1.54) is 36.7 Å². The van der Waals surface area contributed by atoms with E-state index in [-0.39, 0.29) is 23.7 Å². The van der Waals surface area contributed by atoms with Crippen LogP contribution in [0.15, 0.2) is 59.5 Å². The fourth-order valence-electron chi connectivity index (χ4n) is 4.71. The largest absolute Gasteiger partial charge is 0.493 e. The topological polar surface area (TPSA) is 133 Å². The van der Waals surface area contributed by atoms with E-state index in [1.54, 1.807) is 32.4 Å². The fourth-order valence-corrected chi connectivity index (χ4v) is 6.15. The van der Waals surface area contributed by atoms with Gasteiger partial charge in [-0.1, -0.05) is 6.07 Å². The third kappa shape index (κ3) is 6.57. The molecule has 1 aliphatic heterocycles. The lowest BCUT2D eigenvalue weighted by Gasteiger charge is -2.35. The number of ether oxygens (including phenoxy) is 4. The maximum absolute atomic E-state index is 13.3. The monoisotopic (exact) mass is 586 g/mol. The van der Waals surface area contributed by atoms with Crippen LogP contribution in [0.1, 0.15) is 5.56 Å². The quantitative estimate of drug-likeness (QED) is 0.247. The van der Waals surface area contributed by atoms with E-state index in [0.717, 1.165) is 11.3 Å². The van der Waals surface area contributed by atoms with Crippen molar-refractivity contribution >= 4 is 27.1 Å². The van der Waals surface area contributed by atoms with Crippen LogP contribution in [-0.2, 0) is 16.4 Å². The first kappa shape index (κ1) is 29.7. The Kier molecular flexibility index (Phi) is 9.40. The molecule has 0 aromatic heterocycles. The van der Waals surface area contributed by atoms with Crippen LogP contribution in [0, 0.1) is 10.1 Å². The summed E-state index contributed by atoms with van der Waals surface area (Å²) in [4.78, 5) is 13.4. The average Bonchev–Trinajstić information content (AvgIpc) is 3.00. The Morgan fingerprint density at radius 1 is 0.805 bits per heavy atom. The zero-order chi connectivity index (χ0) is 29.6. The summed E-state index contributed by atoms with van der Waals surface area (Å²) in [6.07, 6.45) is 0.606. The molecule has 1 saturated heterocycles. The van der Waals surface area contributed by atoms with E-state index < -0.39 is 14.9 Å². The van der Waals surface area contributed by atoms with Gasteiger partial charge in [0.1, 0.15) is 5.69 Å². The van der Waals surface area contributed by atoms with Crippen molar-refractivity contribution in [1.82, 2.24) is 4.31 Å². The van der Waals surface area contributed by atoms with Gasteiger partial charge in [0, 0.05) is 50.5 Å². The number of hydrogen-bond acceptors (Lipinski definition) is 10. The molecule has 1 heterocycles. The number of nitrogens with one attached hydrogen (secondary N) is 1. The van der Waals surface area contributed by atoms with E-state index in [0.29, 0.717) is 54.7 Å². The number of nitrogens with zero attached hydrogens (tertiary/aromatic N) is 3. The summed E-state index contributed by atoms with van der Waals surface area (Å²) in [6, 6.07) is 15.0. The molecule has 1 N–H and O–H groups in total. The average molecular weight is 587 g/mol. The molecule has 0 saturated carbocycles. The maximum Gasteiger partial charge on any atom is 0.292 e. The third-order valence-electron chi connectivity index (χ3n) is 6.95. The molecule has 0 bridgehead atoms.